The Morgan fingerprint density at radius 3 is 2.35 bits per heavy atom. The Labute approximate surface area is 104 Å². The summed E-state index contributed by atoms with van der Waals surface area (Å²) >= 11 is 0. The molecule has 0 aliphatic rings. The summed E-state index contributed by atoms with van der Waals surface area (Å²) < 4.78 is 30.2. The molecule has 0 rings (SSSR count). The molecule has 0 aliphatic heterocycles. The lowest BCUT2D eigenvalue weighted by Crippen LogP contribution is -2.30. The van der Waals surface area contributed by atoms with E-state index in [2.05, 4.69) is 4.72 Å². The van der Waals surface area contributed by atoms with Crippen molar-refractivity contribution in [3.05, 3.63) is 0 Å². The number of ether oxygens (including phenoxy) is 1. The Bertz CT molecular complexity index is 330. The van der Waals surface area contributed by atoms with Crippen molar-refractivity contribution in [2.45, 2.75) is 40.5 Å². The van der Waals surface area contributed by atoms with Crippen molar-refractivity contribution in [2.24, 2.45) is 5.41 Å². The zero-order valence-corrected chi connectivity index (χ0v) is 11.9. The third-order valence-electron chi connectivity index (χ3n) is 2.08. The molecule has 0 amide bonds. The van der Waals surface area contributed by atoms with Crippen LogP contribution in [0.3, 0.4) is 0 Å². The van der Waals surface area contributed by atoms with Gasteiger partial charge in [-0.25, -0.2) is 13.1 Å². The number of hydrogen-bond donors (Lipinski definition) is 1. The normalized spacial score (nSPS) is 12.5. The lowest BCUT2D eigenvalue weighted by Gasteiger charge is -2.17. The fraction of sp³-hybridized carbons (Fsp3) is 0.909. The number of hydrogen-bond acceptors (Lipinski definition) is 4. The molecule has 0 aromatic carbocycles. The third-order valence-corrected chi connectivity index (χ3v) is 3.46. The van der Waals surface area contributed by atoms with E-state index in [1.54, 1.807) is 6.92 Å². The summed E-state index contributed by atoms with van der Waals surface area (Å²) in [7, 11) is -3.28. The molecule has 0 atom stereocenters. The fourth-order valence-electron chi connectivity index (χ4n) is 1.05. The second-order valence-electron chi connectivity index (χ2n) is 5.08. The molecule has 0 fully saturated rings. The molecule has 0 aromatic heterocycles. The van der Waals surface area contributed by atoms with E-state index in [0.29, 0.717) is 13.0 Å². The summed E-state index contributed by atoms with van der Waals surface area (Å²) in [6.07, 6.45) is 0.657. The Balaban J connectivity index is 3.91. The summed E-state index contributed by atoms with van der Waals surface area (Å²) in [5.41, 5.74) is -0.0180. The summed E-state index contributed by atoms with van der Waals surface area (Å²) in [4.78, 5) is 11.0. The van der Waals surface area contributed by atoms with E-state index < -0.39 is 10.0 Å². The molecule has 0 saturated carbocycles. The lowest BCUT2D eigenvalue weighted by molar-refractivity contribution is -0.142. The first-order valence-electron chi connectivity index (χ1n) is 5.79. The molecule has 0 spiro atoms. The number of carbonyl (C=O) groups excluding carboxylic acids is 1. The van der Waals surface area contributed by atoms with E-state index >= 15 is 0 Å². The van der Waals surface area contributed by atoms with Gasteiger partial charge < -0.3 is 4.74 Å². The summed E-state index contributed by atoms with van der Waals surface area (Å²) in [5.74, 6) is -0.301. The predicted molar refractivity (Wildman–Crippen MR) is 67.1 cm³/mol. The van der Waals surface area contributed by atoms with Crippen molar-refractivity contribution < 1.29 is 17.9 Å². The molecule has 0 bridgehead atoms. The molecule has 0 heterocycles. The van der Waals surface area contributed by atoms with Gasteiger partial charge in [-0.2, -0.15) is 0 Å². The maximum atomic E-state index is 11.6. The van der Waals surface area contributed by atoms with Gasteiger partial charge in [0.05, 0.1) is 18.8 Å². The number of sulfonamides is 1. The van der Waals surface area contributed by atoms with Crippen molar-refractivity contribution in [1.82, 2.24) is 4.72 Å². The van der Waals surface area contributed by atoms with Gasteiger partial charge in [-0.1, -0.05) is 20.8 Å². The van der Waals surface area contributed by atoms with E-state index in [1.165, 1.54) is 0 Å². The molecule has 0 aromatic rings. The van der Waals surface area contributed by atoms with Gasteiger partial charge in [0.1, 0.15) is 0 Å². The molecule has 0 saturated heterocycles. The van der Waals surface area contributed by atoms with E-state index in [9.17, 15) is 13.2 Å². The lowest BCUT2D eigenvalue weighted by atomic mass is 9.94. The van der Waals surface area contributed by atoms with E-state index in [1.807, 2.05) is 20.8 Å². The second kappa shape index (κ2) is 6.96. The van der Waals surface area contributed by atoms with Gasteiger partial charge in [-0.15, -0.1) is 0 Å². The highest BCUT2D eigenvalue weighted by molar-refractivity contribution is 7.89. The standard InChI is InChI=1S/C11H23NO4S/c1-5-16-10(13)6-8-12-17(14,15)9-7-11(2,3)4/h12H,5-9H2,1-4H3. The third kappa shape index (κ3) is 10.3. The van der Waals surface area contributed by atoms with Crippen LogP contribution in [0, 0.1) is 5.41 Å². The van der Waals surface area contributed by atoms with Gasteiger partial charge in [-0.3, -0.25) is 4.79 Å². The average Bonchev–Trinajstić information content (AvgIpc) is 2.14. The zero-order chi connectivity index (χ0) is 13.5. The highest BCUT2D eigenvalue weighted by atomic mass is 32.2. The number of carbonyl (C=O) groups is 1. The monoisotopic (exact) mass is 265 g/mol. The van der Waals surface area contributed by atoms with Crippen molar-refractivity contribution in [1.29, 1.82) is 0 Å². The highest BCUT2D eigenvalue weighted by Crippen LogP contribution is 2.18. The first-order valence-corrected chi connectivity index (χ1v) is 7.44. The van der Waals surface area contributed by atoms with Crippen molar-refractivity contribution in [2.75, 3.05) is 18.9 Å². The molecule has 102 valence electrons. The van der Waals surface area contributed by atoms with Crippen LogP contribution >= 0.6 is 0 Å². The van der Waals surface area contributed by atoms with Crippen LogP contribution in [-0.2, 0) is 19.6 Å². The SMILES string of the molecule is CCOC(=O)CCNS(=O)(=O)CCC(C)(C)C. The van der Waals surface area contributed by atoms with Crippen LogP contribution < -0.4 is 4.72 Å². The first-order chi connectivity index (χ1) is 7.66. The Morgan fingerprint density at radius 2 is 1.88 bits per heavy atom. The van der Waals surface area contributed by atoms with Gasteiger partial charge in [-0.05, 0) is 18.8 Å². The van der Waals surface area contributed by atoms with E-state index in [0.717, 1.165) is 0 Å². The zero-order valence-electron chi connectivity index (χ0n) is 11.1. The molecule has 6 heteroatoms. The Morgan fingerprint density at radius 1 is 1.29 bits per heavy atom. The predicted octanol–water partition coefficient (Wildman–Crippen LogP) is 1.30. The van der Waals surface area contributed by atoms with Gasteiger partial charge in [0.25, 0.3) is 0 Å². The summed E-state index contributed by atoms with van der Waals surface area (Å²) in [5, 5.41) is 0. The molecule has 0 radical (unpaired) electrons. The summed E-state index contributed by atoms with van der Waals surface area (Å²) in [6, 6.07) is 0. The first kappa shape index (κ1) is 16.4. The highest BCUT2D eigenvalue weighted by Gasteiger charge is 2.17. The Kier molecular flexibility index (Phi) is 6.70. The van der Waals surface area contributed by atoms with Crippen molar-refractivity contribution in [3.8, 4) is 0 Å². The number of nitrogens with one attached hydrogen (secondary N) is 1. The van der Waals surface area contributed by atoms with Crippen LogP contribution in [0.1, 0.15) is 40.5 Å². The molecular formula is C11H23NO4S. The van der Waals surface area contributed by atoms with Crippen molar-refractivity contribution >= 4 is 16.0 Å². The van der Waals surface area contributed by atoms with Gasteiger partial charge >= 0.3 is 5.97 Å². The van der Waals surface area contributed by atoms with Crippen molar-refractivity contribution in [3.63, 3.8) is 0 Å². The van der Waals surface area contributed by atoms with Crippen LogP contribution in [0.4, 0.5) is 0 Å². The summed E-state index contributed by atoms with van der Waals surface area (Å²) in [6.45, 7) is 8.09. The van der Waals surface area contributed by atoms with Crippen LogP contribution in [0.15, 0.2) is 0 Å². The minimum atomic E-state index is -3.28. The van der Waals surface area contributed by atoms with Gasteiger partial charge in [0.15, 0.2) is 0 Å². The van der Waals surface area contributed by atoms with Crippen LogP contribution in [0.2, 0.25) is 0 Å². The fourth-order valence-corrected chi connectivity index (χ4v) is 2.49. The molecule has 17 heavy (non-hydrogen) atoms. The molecule has 0 aliphatic carbocycles. The molecule has 1 N–H and O–H groups in total. The maximum Gasteiger partial charge on any atom is 0.307 e. The topological polar surface area (TPSA) is 72.5 Å². The van der Waals surface area contributed by atoms with Crippen LogP contribution in [-0.4, -0.2) is 33.3 Å². The molecule has 5 nitrogen and oxygen atoms in total. The van der Waals surface area contributed by atoms with E-state index in [4.69, 9.17) is 4.74 Å². The van der Waals surface area contributed by atoms with E-state index in [-0.39, 0.29) is 30.1 Å². The van der Waals surface area contributed by atoms with Gasteiger partial charge in [0, 0.05) is 6.54 Å². The molecule has 0 unspecified atom stereocenters. The smallest absolute Gasteiger partial charge is 0.307 e. The quantitative estimate of drug-likeness (QED) is 0.704. The maximum absolute atomic E-state index is 11.6. The molecular weight excluding hydrogens is 242 g/mol. The minimum Gasteiger partial charge on any atom is -0.466 e. The number of rotatable bonds is 7. The van der Waals surface area contributed by atoms with Crippen LogP contribution in [0.25, 0.3) is 0 Å². The van der Waals surface area contributed by atoms with Crippen LogP contribution in [0.5, 0.6) is 0 Å². The van der Waals surface area contributed by atoms with Gasteiger partial charge in [0.2, 0.25) is 10.0 Å². The Hall–Kier alpha value is -0.620. The average molecular weight is 265 g/mol. The number of esters is 1. The minimum absolute atomic E-state index is 0.0180. The largest absolute Gasteiger partial charge is 0.466 e. The second-order valence-corrected chi connectivity index (χ2v) is 7.01.